The summed E-state index contributed by atoms with van der Waals surface area (Å²) >= 11 is 0. The second-order valence-electron chi connectivity index (χ2n) is 5.52. The number of aromatic amines is 1. The number of para-hydroxylation sites is 2. The van der Waals surface area contributed by atoms with Crippen LogP contribution in [0.25, 0.3) is 11.0 Å². The Bertz CT molecular complexity index is 872. The second kappa shape index (κ2) is 6.46. The number of nitrogens with one attached hydrogen (secondary N) is 2. The smallest absolute Gasteiger partial charge is 0.416 e. The van der Waals surface area contributed by atoms with Gasteiger partial charge < -0.3 is 15.4 Å². The number of carbonyl (C=O) groups is 1. The molecule has 130 valence electrons. The monoisotopic (exact) mass is 349 g/mol. The van der Waals surface area contributed by atoms with Crippen molar-refractivity contribution in [2.75, 3.05) is 5.32 Å². The summed E-state index contributed by atoms with van der Waals surface area (Å²) in [5, 5.41) is 12.0. The van der Waals surface area contributed by atoms with Gasteiger partial charge in [-0.15, -0.1) is 0 Å². The Morgan fingerprint density at radius 2 is 1.96 bits per heavy atom. The molecule has 0 fully saturated rings. The molecule has 2 aromatic carbocycles. The van der Waals surface area contributed by atoms with Crippen LogP contribution in [0.1, 0.15) is 23.6 Å². The van der Waals surface area contributed by atoms with Gasteiger partial charge in [-0.1, -0.05) is 24.3 Å². The van der Waals surface area contributed by atoms with Gasteiger partial charge in [-0.2, -0.15) is 13.2 Å². The van der Waals surface area contributed by atoms with Crippen LogP contribution in [-0.2, 0) is 11.0 Å². The number of anilines is 1. The van der Waals surface area contributed by atoms with Crippen LogP contribution >= 0.6 is 0 Å². The Kier molecular flexibility index (Phi) is 4.35. The number of hydrogen-bond donors (Lipinski definition) is 3. The van der Waals surface area contributed by atoms with Gasteiger partial charge in [0.05, 0.1) is 29.1 Å². The maximum atomic E-state index is 12.9. The highest BCUT2D eigenvalue weighted by Crippen LogP contribution is 2.32. The molecule has 1 heterocycles. The zero-order valence-electron chi connectivity index (χ0n) is 12.8. The summed E-state index contributed by atoms with van der Waals surface area (Å²) in [6, 6.07) is 10.9. The number of nitrogens with zero attached hydrogens (tertiary/aromatic N) is 1. The van der Waals surface area contributed by atoms with Gasteiger partial charge in [0.2, 0.25) is 5.95 Å². The molecule has 3 rings (SSSR count). The first kappa shape index (κ1) is 16.8. The van der Waals surface area contributed by atoms with Crippen molar-refractivity contribution in [3.8, 4) is 0 Å². The number of rotatable bonds is 5. The lowest BCUT2D eigenvalue weighted by Crippen LogP contribution is -2.17. The predicted molar refractivity (Wildman–Crippen MR) is 86.2 cm³/mol. The molecule has 0 saturated heterocycles. The third-order valence-corrected chi connectivity index (χ3v) is 3.70. The van der Waals surface area contributed by atoms with Crippen LogP contribution in [0.3, 0.4) is 0 Å². The lowest BCUT2D eigenvalue weighted by atomic mass is 10.0. The zero-order chi connectivity index (χ0) is 18.0. The molecule has 0 aliphatic carbocycles. The van der Waals surface area contributed by atoms with E-state index in [1.54, 1.807) is 18.2 Å². The number of carboxylic acid groups (broad SMARTS) is 1. The van der Waals surface area contributed by atoms with Gasteiger partial charge in [-0.25, -0.2) is 4.98 Å². The van der Waals surface area contributed by atoms with Gasteiger partial charge in [0, 0.05) is 0 Å². The van der Waals surface area contributed by atoms with E-state index in [1.165, 1.54) is 12.1 Å². The molecule has 25 heavy (non-hydrogen) atoms. The van der Waals surface area contributed by atoms with E-state index >= 15 is 0 Å². The Hall–Kier alpha value is -3.03. The molecule has 0 amide bonds. The molecular weight excluding hydrogens is 335 g/mol. The molecule has 0 radical (unpaired) electrons. The molecule has 3 aromatic rings. The fraction of sp³-hybridized carbons (Fsp3) is 0.176. The number of fused-ring (bicyclic) bond motifs is 1. The van der Waals surface area contributed by atoms with Crippen molar-refractivity contribution in [2.45, 2.75) is 18.6 Å². The Balaban J connectivity index is 1.93. The molecule has 1 aromatic heterocycles. The lowest BCUT2D eigenvalue weighted by molar-refractivity contribution is -0.138. The summed E-state index contributed by atoms with van der Waals surface area (Å²) in [5.41, 5.74) is 0.802. The Labute approximate surface area is 140 Å². The molecule has 0 saturated carbocycles. The molecule has 0 aliphatic rings. The van der Waals surface area contributed by atoms with Crippen molar-refractivity contribution >= 4 is 23.0 Å². The minimum atomic E-state index is -4.50. The molecule has 5 nitrogen and oxygen atoms in total. The summed E-state index contributed by atoms with van der Waals surface area (Å²) < 4.78 is 38.7. The van der Waals surface area contributed by atoms with E-state index in [0.29, 0.717) is 11.5 Å². The van der Waals surface area contributed by atoms with Gasteiger partial charge in [-0.05, 0) is 29.8 Å². The van der Waals surface area contributed by atoms with Gasteiger partial charge in [0.1, 0.15) is 0 Å². The standard InChI is InChI=1S/C17H14F3N3O2/c18-17(19,20)11-5-3-4-10(8-11)14(9-15(24)25)23-16-21-12-6-1-2-7-13(12)22-16/h1-8,14H,9H2,(H,24,25)(H2,21,22,23). The first-order chi connectivity index (χ1) is 11.8. The van der Waals surface area contributed by atoms with Crippen molar-refractivity contribution < 1.29 is 23.1 Å². The van der Waals surface area contributed by atoms with Gasteiger partial charge in [0.25, 0.3) is 0 Å². The van der Waals surface area contributed by atoms with Gasteiger partial charge in [-0.3, -0.25) is 4.79 Å². The number of carboxylic acids is 1. The number of aromatic nitrogens is 2. The molecule has 0 bridgehead atoms. The van der Waals surface area contributed by atoms with Crippen LogP contribution in [0, 0.1) is 0 Å². The maximum absolute atomic E-state index is 12.9. The number of halogens is 3. The molecule has 3 N–H and O–H groups in total. The second-order valence-corrected chi connectivity index (χ2v) is 5.52. The van der Waals surface area contributed by atoms with Gasteiger partial charge in [0.15, 0.2) is 0 Å². The van der Waals surface area contributed by atoms with E-state index in [-0.39, 0.29) is 5.56 Å². The van der Waals surface area contributed by atoms with E-state index in [1.807, 2.05) is 6.07 Å². The van der Waals surface area contributed by atoms with E-state index in [2.05, 4.69) is 15.3 Å². The number of aliphatic carboxylic acids is 1. The lowest BCUT2D eigenvalue weighted by Gasteiger charge is -2.18. The summed E-state index contributed by atoms with van der Waals surface area (Å²) in [7, 11) is 0. The van der Waals surface area contributed by atoms with Crippen LogP contribution in [0.15, 0.2) is 48.5 Å². The fourth-order valence-corrected chi connectivity index (χ4v) is 2.54. The van der Waals surface area contributed by atoms with Crippen LogP contribution in [-0.4, -0.2) is 21.0 Å². The summed E-state index contributed by atoms with van der Waals surface area (Å²) in [4.78, 5) is 18.4. The molecule has 8 heteroatoms. The quantitative estimate of drug-likeness (QED) is 0.645. The predicted octanol–water partition coefficient (Wildman–Crippen LogP) is 4.21. The number of hydrogen-bond acceptors (Lipinski definition) is 3. The summed E-state index contributed by atoms with van der Waals surface area (Å²) in [6.07, 6.45) is -4.89. The highest BCUT2D eigenvalue weighted by Gasteiger charge is 2.31. The first-order valence-electron chi connectivity index (χ1n) is 7.43. The number of alkyl halides is 3. The number of imidazole rings is 1. The van der Waals surface area contributed by atoms with E-state index in [0.717, 1.165) is 17.6 Å². The Morgan fingerprint density at radius 3 is 2.64 bits per heavy atom. The third-order valence-electron chi connectivity index (χ3n) is 3.70. The van der Waals surface area contributed by atoms with Gasteiger partial charge >= 0.3 is 12.1 Å². The fourth-order valence-electron chi connectivity index (χ4n) is 2.54. The molecule has 0 aliphatic heterocycles. The van der Waals surface area contributed by atoms with Crippen LogP contribution < -0.4 is 5.32 Å². The molecule has 1 atom stereocenters. The van der Waals surface area contributed by atoms with Crippen molar-refractivity contribution in [1.82, 2.24) is 9.97 Å². The van der Waals surface area contributed by atoms with Crippen molar-refractivity contribution in [2.24, 2.45) is 0 Å². The minimum absolute atomic E-state index is 0.220. The van der Waals surface area contributed by atoms with Crippen LogP contribution in [0.5, 0.6) is 0 Å². The molecular formula is C17H14F3N3O2. The van der Waals surface area contributed by atoms with Crippen molar-refractivity contribution in [3.05, 3.63) is 59.7 Å². The summed E-state index contributed by atoms with van der Waals surface area (Å²) in [5.74, 6) is -0.837. The number of benzene rings is 2. The van der Waals surface area contributed by atoms with E-state index in [4.69, 9.17) is 5.11 Å². The first-order valence-corrected chi connectivity index (χ1v) is 7.43. The molecule has 1 unspecified atom stereocenters. The largest absolute Gasteiger partial charge is 0.481 e. The minimum Gasteiger partial charge on any atom is -0.481 e. The van der Waals surface area contributed by atoms with E-state index < -0.39 is 30.2 Å². The van der Waals surface area contributed by atoms with E-state index in [9.17, 15) is 18.0 Å². The average molecular weight is 349 g/mol. The molecule has 0 spiro atoms. The highest BCUT2D eigenvalue weighted by molar-refractivity contribution is 5.77. The third kappa shape index (κ3) is 3.90. The summed E-state index contributed by atoms with van der Waals surface area (Å²) in [6.45, 7) is 0. The zero-order valence-corrected chi connectivity index (χ0v) is 12.8. The topological polar surface area (TPSA) is 78.0 Å². The number of H-pyrrole nitrogens is 1. The Morgan fingerprint density at radius 1 is 1.20 bits per heavy atom. The van der Waals surface area contributed by atoms with Crippen molar-refractivity contribution in [1.29, 1.82) is 0 Å². The highest BCUT2D eigenvalue weighted by atomic mass is 19.4. The normalized spacial score (nSPS) is 12.9. The average Bonchev–Trinajstić information content (AvgIpc) is 2.95. The maximum Gasteiger partial charge on any atom is 0.416 e. The van der Waals surface area contributed by atoms with Crippen LogP contribution in [0.4, 0.5) is 19.1 Å². The van der Waals surface area contributed by atoms with Crippen molar-refractivity contribution in [3.63, 3.8) is 0 Å². The SMILES string of the molecule is O=C(O)CC(Nc1nc2ccccc2[nH]1)c1cccc(C(F)(F)F)c1. The van der Waals surface area contributed by atoms with Crippen LogP contribution in [0.2, 0.25) is 0 Å².